The van der Waals surface area contributed by atoms with Crippen LogP contribution in [0.4, 0.5) is 0 Å². The maximum absolute atomic E-state index is 12.3. The Balaban J connectivity index is 2.32. The lowest BCUT2D eigenvalue weighted by Gasteiger charge is -2.10. The molecule has 0 fully saturated rings. The molecule has 25 heavy (non-hydrogen) atoms. The van der Waals surface area contributed by atoms with E-state index in [-0.39, 0.29) is 27.9 Å². The summed E-state index contributed by atoms with van der Waals surface area (Å²) >= 11 is 7.28. The van der Waals surface area contributed by atoms with E-state index < -0.39 is 5.97 Å². The van der Waals surface area contributed by atoms with E-state index in [0.717, 1.165) is 10.5 Å². The molecule has 0 unspecified atom stereocenters. The molecule has 2 aromatic rings. The third-order valence-corrected chi connectivity index (χ3v) is 4.58. The zero-order chi connectivity index (χ0) is 18.6. The van der Waals surface area contributed by atoms with Crippen LogP contribution in [0.5, 0.6) is 5.75 Å². The second-order valence-corrected chi connectivity index (χ2v) is 7.64. The van der Waals surface area contributed by atoms with Crippen molar-refractivity contribution in [3.63, 3.8) is 0 Å². The molecule has 0 radical (unpaired) electrons. The Morgan fingerprint density at radius 2 is 1.88 bits per heavy atom. The van der Waals surface area contributed by atoms with Crippen molar-refractivity contribution in [1.82, 2.24) is 0 Å². The van der Waals surface area contributed by atoms with E-state index in [9.17, 15) is 14.7 Å². The lowest BCUT2D eigenvalue weighted by atomic mass is 10.1. The van der Waals surface area contributed by atoms with Crippen molar-refractivity contribution >= 4 is 41.2 Å². The van der Waals surface area contributed by atoms with E-state index in [1.54, 1.807) is 18.2 Å². The van der Waals surface area contributed by atoms with Gasteiger partial charge in [0.25, 0.3) is 0 Å². The number of thioether (sulfide) groups is 1. The Morgan fingerprint density at radius 1 is 1.16 bits per heavy atom. The van der Waals surface area contributed by atoms with E-state index in [4.69, 9.17) is 16.7 Å². The minimum Gasteiger partial charge on any atom is -0.507 e. The summed E-state index contributed by atoms with van der Waals surface area (Å²) in [5.41, 5.74) is 1.09. The molecule has 0 aliphatic heterocycles. The maximum Gasteiger partial charge on any atom is 0.335 e. The highest BCUT2D eigenvalue weighted by Crippen LogP contribution is 2.29. The van der Waals surface area contributed by atoms with Gasteiger partial charge in [0.2, 0.25) is 0 Å². The number of benzene rings is 2. The van der Waals surface area contributed by atoms with Gasteiger partial charge in [0.05, 0.1) is 11.1 Å². The Bertz CT molecular complexity index is 843. The van der Waals surface area contributed by atoms with Crippen molar-refractivity contribution in [3.8, 4) is 5.75 Å². The zero-order valence-electron chi connectivity index (χ0n) is 13.7. The summed E-state index contributed by atoms with van der Waals surface area (Å²) in [7, 11) is 0. The van der Waals surface area contributed by atoms with Crippen LogP contribution in [0.25, 0.3) is 6.08 Å². The van der Waals surface area contributed by atoms with Crippen molar-refractivity contribution in [2.75, 3.05) is 0 Å². The fourth-order valence-electron chi connectivity index (χ4n) is 2.13. The Labute approximate surface area is 155 Å². The van der Waals surface area contributed by atoms with Gasteiger partial charge in [-0.25, -0.2) is 4.79 Å². The van der Waals surface area contributed by atoms with Gasteiger partial charge >= 0.3 is 5.97 Å². The van der Waals surface area contributed by atoms with Crippen LogP contribution in [-0.4, -0.2) is 27.2 Å². The first kappa shape index (κ1) is 19.1. The van der Waals surface area contributed by atoms with Gasteiger partial charge in [-0.15, -0.1) is 11.8 Å². The molecular formula is C19H17ClO4S. The minimum atomic E-state index is -0.997. The van der Waals surface area contributed by atoms with E-state index in [0.29, 0.717) is 5.02 Å². The average molecular weight is 377 g/mol. The molecule has 130 valence electrons. The molecule has 2 N–H and O–H groups in total. The quantitative estimate of drug-likeness (QED) is 0.414. The summed E-state index contributed by atoms with van der Waals surface area (Å²) in [4.78, 5) is 24.2. The lowest BCUT2D eigenvalue weighted by molar-refractivity contribution is 0.0696. The summed E-state index contributed by atoms with van der Waals surface area (Å²) in [5, 5.41) is 19.6. The molecule has 0 saturated heterocycles. The van der Waals surface area contributed by atoms with Gasteiger partial charge in [-0.1, -0.05) is 31.5 Å². The first-order valence-corrected chi connectivity index (χ1v) is 8.78. The van der Waals surface area contributed by atoms with Gasteiger partial charge in [-0.3, -0.25) is 4.79 Å². The summed E-state index contributed by atoms with van der Waals surface area (Å²) in [6.07, 6.45) is 2.97. The van der Waals surface area contributed by atoms with E-state index in [2.05, 4.69) is 0 Å². The summed E-state index contributed by atoms with van der Waals surface area (Å²) in [6, 6.07) is 9.06. The minimum absolute atomic E-state index is 0.154. The van der Waals surface area contributed by atoms with Gasteiger partial charge in [0.1, 0.15) is 5.75 Å². The first-order chi connectivity index (χ1) is 11.8. The first-order valence-electron chi connectivity index (χ1n) is 7.53. The van der Waals surface area contributed by atoms with Gasteiger partial charge in [0.15, 0.2) is 5.78 Å². The number of rotatable bonds is 6. The molecule has 0 bridgehead atoms. The van der Waals surface area contributed by atoms with Crippen LogP contribution in [0, 0.1) is 0 Å². The Kier molecular flexibility index (Phi) is 6.28. The normalized spacial score (nSPS) is 11.2. The highest BCUT2D eigenvalue weighted by Gasteiger charge is 2.11. The van der Waals surface area contributed by atoms with Crippen molar-refractivity contribution < 1.29 is 19.8 Å². The number of phenolic OH excluding ortho intramolecular Hbond substituents is 1. The van der Waals surface area contributed by atoms with Gasteiger partial charge in [-0.2, -0.15) is 0 Å². The van der Waals surface area contributed by atoms with Crippen molar-refractivity contribution in [3.05, 3.63) is 64.2 Å². The molecule has 2 aromatic carbocycles. The molecule has 0 aromatic heterocycles. The smallest absolute Gasteiger partial charge is 0.335 e. The van der Waals surface area contributed by atoms with Crippen LogP contribution in [0.15, 0.2) is 47.4 Å². The molecule has 0 aliphatic rings. The topological polar surface area (TPSA) is 74.6 Å². The van der Waals surface area contributed by atoms with Crippen molar-refractivity contribution in [1.29, 1.82) is 0 Å². The molecule has 0 atom stereocenters. The third kappa shape index (κ3) is 5.11. The number of carbonyl (C=O) groups is 2. The molecule has 0 heterocycles. The molecule has 6 heteroatoms. The molecule has 0 amide bonds. The van der Waals surface area contributed by atoms with Crippen molar-refractivity contribution in [2.24, 2.45) is 0 Å². The largest absolute Gasteiger partial charge is 0.507 e. The molecular weight excluding hydrogens is 360 g/mol. The Hall–Kier alpha value is -2.24. The molecule has 4 nitrogen and oxygen atoms in total. The van der Waals surface area contributed by atoms with E-state index >= 15 is 0 Å². The number of hydrogen-bond donors (Lipinski definition) is 2. The second-order valence-electron chi connectivity index (χ2n) is 5.58. The van der Waals surface area contributed by atoms with Crippen molar-refractivity contribution in [2.45, 2.75) is 24.0 Å². The third-order valence-electron chi connectivity index (χ3n) is 3.26. The standard InChI is InChI=1S/C19H17ClO4S/c1-11(2)25-18-9-13(19(23)24)4-3-12(18)5-8-16(21)15-7-6-14(20)10-17(15)22/h3-11,22H,1-2H3,(H,23,24)/b8-5+. The summed E-state index contributed by atoms with van der Waals surface area (Å²) in [5.74, 6) is -1.54. The van der Waals surface area contributed by atoms with Crippen LogP contribution < -0.4 is 0 Å². The number of halogens is 1. The van der Waals surface area contributed by atoms with Crippen LogP contribution in [-0.2, 0) is 0 Å². The van der Waals surface area contributed by atoms with Crippen LogP contribution in [0.2, 0.25) is 5.02 Å². The lowest BCUT2D eigenvalue weighted by Crippen LogP contribution is -1.99. The van der Waals surface area contributed by atoms with Crippen LogP contribution in [0.3, 0.4) is 0 Å². The number of aromatic hydroxyl groups is 1. The van der Waals surface area contributed by atoms with Crippen LogP contribution >= 0.6 is 23.4 Å². The SMILES string of the molecule is CC(C)Sc1cc(C(=O)O)ccc1/C=C/C(=O)c1ccc(Cl)cc1O. The number of carbonyl (C=O) groups excluding carboxylic acids is 1. The summed E-state index contributed by atoms with van der Waals surface area (Å²) in [6.45, 7) is 4.00. The predicted molar refractivity (Wildman–Crippen MR) is 101 cm³/mol. The van der Waals surface area contributed by atoms with E-state index in [1.807, 2.05) is 13.8 Å². The second kappa shape index (κ2) is 8.23. The molecule has 0 saturated carbocycles. The van der Waals surface area contributed by atoms with Crippen LogP contribution in [0.1, 0.15) is 40.1 Å². The predicted octanol–water partition coefficient (Wildman–Crippen LogP) is 5.14. The molecule has 2 rings (SSSR count). The fourth-order valence-corrected chi connectivity index (χ4v) is 3.27. The number of carboxylic acids is 1. The van der Waals surface area contributed by atoms with Gasteiger partial charge in [0, 0.05) is 15.2 Å². The number of allylic oxidation sites excluding steroid dienone is 1. The highest BCUT2D eigenvalue weighted by molar-refractivity contribution is 8.00. The number of ketones is 1. The maximum atomic E-state index is 12.3. The van der Waals surface area contributed by atoms with Gasteiger partial charge in [-0.05, 0) is 48.0 Å². The molecule has 0 aliphatic carbocycles. The average Bonchev–Trinajstić information content (AvgIpc) is 2.52. The monoisotopic (exact) mass is 376 g/mol. The molecule has 0 spiro atoms. The Morgan fingerprint density at radius 3 is 2.48 bits per heavy atom. The summed E-state index contributed by atoms with van der Waals surface area (Å²) < 4.78 is 0. The van der Waals surface area contributed by atoms with E-state index in [1.165, 1.54) is 42.1 Å². The number of hydrogen-bond acceptors (Lipinski definition) is 4. The number of aromatic carboxylic acids is 1. The van der Waals surface area contributed by atoms with Gasteiger partial charge < -0.3 is 10.2 Å². The number of carboxylic acid groups (broad SMARTS) is 1. The fraction of sp³-hybridized carbons (Fsp3) is 0.158. The highest BCUT2D eigenvalue weighted by atomic mass is 35.5. The number of phenols is 1. The zero-order valence-corrected chi connectivity index (χ0v) is 15.3.